The van der Waals surface area contributed by atoms with Crippen molar-refractivity contribution in [2.24, 2.45) is 5.41 Å². The molecule has 118 valence electrons. The number of carbonyl (C=O) groups excluding carboxylic acids is 1. The van der Waals surface area contributed by atoms with Crippen molar-refractivity contribution in [3.05, 3.63) is 0 Å². The van der Waals surface area contributed by atoms with E-state index in [1.807, 2.05) is 5.32 Å². The molecule has 1 aliphatic rings. The Morgan fingerprint density at radius 2 is 1.90 bits per heavy atom. The van der Waals surface area contributed by atoms with Crippen LogP contribution in [-0.4, -0.2) is 42.9 Å². The second kappa shape index (κ2) is 7.26. The van der Waals surface area contributed by atoms with E-state index >= 15 is 0 Å². The number of aliphatic hydroxyl groups excluding tert-OH is 1. The number of halogens is 3. The van der Waals surface area contributed by atoms with E-state index < -0.39 is 24.7 Å². The molecular formula is C13H23F3N2O2. The van der Waals surface area contributed by atoms with E-state index in [4.69, 9.17) is 0 Å². The van der Waals surface area contributed by atoms with Crippen LogP contribution in [0.1, 0.15) is 39.0 Å². The maximum atomic E-state index is 12.0. The number of hydrogen-bond acceptors (Lipinski definition) is 3. The predicted octanol–water partition coefficient (Wildman–Crippen LogP) is 1.59. The fourth-order valence-corrected chi connectivity index (χ4v) is 2.50. The van der Waals surface area contributed by atoms with Gasteiger partial charge in [0.15, 0.2) is 0 Å². The quantitative estimate of drug-likeness (QED) is 0.697. The molecule has 1 aliphatic carbocycles. The van der Waals surface area contributed by atoms with Crippen LogP contribution in [0.2, 0.25) is 0 Å². The van der Waals surface area contributed by atoms with Crippen molar-refractivity contribution >= 4 is 5.91 Å². The molecule has 0 aromatic carbocycles. The van der Waals surface area contributed by atoms with Gasteiger partial charge >= 0.3 is 6.18 Å². The van der Waals surface area contributed by atoms with Crippen molar-refractivity contribution in [1.82, 2.24) is 10.6 Å². The number of amides is 1. The van der Waals surface area contributed by atoms with Crippen molar-refractivity contribution in [1.29, 1.82) is 0 Å². The van der Waals surface area contributed by atoms with Gasteiger partial charge in [-0.05, 0) is 19.8 Å². The minimum atomic E-state index is -4.40. The molecule has 0 saturated heterocycles. The summed E-state index contributed by atoms with van der Waals surface area (Å²) in [6, 6.07) is -0.706. The van der Waals surface area contributed by atoms with Gasteiger partial charge in [-0.2, -0.15) is 13.2 Å². The number of carbonyl (C=O) groups is 1. The van der Waals surface area contributed by atoms with Crippen LogP contribution in [0, 0.1) is 5.41 Å². The molecule has 0 radical (unpaired) electrons. The second-order valence-electron chi connectivity index (χ2n) is 5.65. The molecule has 4 nitrogen and oxygen atoms in total. The lowest BCUT2D eigenvalue weighted by Crippen LogP contribution is -2.49. The molecule has 1 amide bonds. The summed E-state index contributed by atoms with van der Waals surface area (Å²) in [4.78, 5) is 11.5. The van der Waals surface area contributed by atoms with Gasteiger partial charge in [-0.25, -0.2) is 0 Å². The van der Waals surface area contributed by atoms with Gasteiger partial charge in [0.05, 0.1) is 6.04 Å². The van der Waals surface area contributed by atoms with E-state index in [-0.39, 0.29) is 12.0 Å². The molecule has 1 atom stereocenters. The predicted molar refractivity (Wildman–Crippen MR) is 69.1 cm³/mol. The standard InChI is InChI=1S/C13H23F3N2O2/c1-10(11(20)18-8-13(14,15)16)17-7-12(9-19)5-3-2-4-6-12/h10,17,19H,2-9H2,1H3,(H,18,20). The van der Waals surface area contributed by atoms with E-state index in [0.717, 1.165) is 32.1 Å². The number of nitrogens with one attached hydrogen (secondary N) is 2. The lowest BCUT2D eigenvalue weighted by Gasteiger charge is -2.36. The summed E-state index contributed by atoms with van der Waals surface area (Å²) in [6.45, 7) is 0.698. The monoisotopic (exact) mass is 296 g/mol. The van der Waals surface area contributed by atoms with Crippen LogP contribution in [0.4, 0.5) is 13.2 Å². The van der Waals surface area contributed by atoms with Gasteiger partial charge in [0.25, 0.3) is 0 Å². The Labute approximate surface area is 117 Å². The summed E-state index contributed by atoms with van der Waals surface area (Å²) in [5.74, 6) is -0.675. The van der Waals surface area contributed by atoms with Crippen LogP contribution in [0.5, 0.6) is 0 Å². The average Bonchev–Trinajstić information content (AvgIpc) is 2.42. The maximum Gasteiger partial charge on any atom is 0.405 e. The molecule has 0 bridgehead atoms. The first-order valence-corrected chi connectivity index (χ1v) is 6.97. The minimum Gasteiger partial charge on any atom is -0.396 e. The summed E-state index contributed by atoms with van der Waals surface area (Å²) in [5.41, 5.74) is -0.239. The molecule has 7 heteroatoms. The summed E-state index contributed by atoms with van der Waals surface area (Å²) < 4.78 is 36.0. The van der Waals surface area contributed by atoms with Gasteiger partial charge < -0.3 is 15.7 Å². The third-order valence-electron chi connectivity index (χ3n) is 3.89. The van der Waals surface area contributed by atoms with Crippen LogP contribution in [0.3, 0.4) is 0 Å². The highest BCUT2D eigenvalue weighted by Crippen LogP contribution is 2.35. The van der Waals surface area contributed by atoms with Gasteiger partial charge in [0.1, 0.15) is 6.54 Å². The van der Waals surface area contributed by atoms with E-state index in [9.17, 15) is 23.1 Å². The Morgan fingerprint density at radius 1 is 1.30 bits per heavy atom. The molecule has 1 saturated carbocycles. The summed E-state index contributed by atoms with van der Waals surface area (Å²) >= 11 is 0. The van der Waals surface area contributed by atoms with Crippen LogP contribution >= 0.6 is 0 Å². The molecular weight excluding hydrogens is 273 g/mol. The van der Waals surface area contributed by atoms with Crippen molar-refractivity contribution < 1.29 is 23.1 Å². The Bertz CT molecular complexity index is 315. The summed E-state index contributed by atoms with van der Waals surface area (Å²) in [7, 11) is 0. The zero-order valence-electron chi connectivity index (χ0n) is 11.7. The first-order valence-electron chi connectivity index (χ1n) is 6.97. The van der Waals surface area contributed by atoms with Crippen LogP contribution in [-0.2, 0) is 4.79 Å². The van der Waals surface area contributed by atoms with Crippen molar-refractivity contribution in [3.8, 4) is 0 Å². The molecule has 0 aromatic rings. The number of rotatable bonds is 6. The third-order valence-corrected chi connectivity index (χ3v) is 3.89. The molecule has 0 aromatic heterocycles. The topological polar surface area (TPSA) is 61.4 Å². The third kappa shape index (κ3) is 5.66. The smallest absolute Gasteiger partial charge is 0.396 e. The Morgan fingerprint density at radius 3 is 2.40 bits per heavy atom. The van der Waals surface area contributed by atoms with Crippen molar-refractivity contribution in [3.63, 3.8) is 0 Å². The van der Waals surface area contributed by atoms with E-state index in [2.05, 4.69) is 5.32 Å². The van der Waals surface area contributed by atoms with Crippen LogP contribution in [0.25, 0.3) is 0 Å². The van der Waals surface area contributed by atoms with Gasteiger partial charge in [0.2, 0.25) is 5.91 Å². The molecule has 0 heterocycles. The highest BCUT2D eigenvalue weighted by molar-refractivity contribution is 5.81. The Balaban J connectivity index is 2.37. The largest absolute Gasteiger partial charge is 0.405 e. The minimum absolute atomic E-state index is 0.0386. The molecule has 20 heavy (non-hydrogen) atoms. The number of alkyl halides is 3. The van der Waals surface area contributed by atoms with E-state index in [1.165, 1.54) is 6.92 Å². The van der Waals surface area contributed by atoms with E-state index in [0.29, 0.717) is 6.54 Å². The van der Waals surface area contributed by atoms with Crippen molar-refractivity contribution in [2.45, 2.75) is 51.2 Å². The Hall–Kier alpha value is -0.820. The molecule has 3 N–H and O–H groups in total. The van der Waals surface area contributed by atoms with Gasteiger partial charge in [-0.15, -0.1) is 0 Å². The van der Waals surface area contributed by atoms with Gasteiger partial charge in [0, 0.05) is 18.6 Å². The Kier molecular flexibility index (Phi) is 6.26. The van der Waals surface area contributed by atoms with Gasteiger partial charge in [-0.3, -0.25) is 4.79 Å². The second-order valence-corrected chi connectivity index (χ2v) is 5.65. The zero-order chi connectivity index (χ0) is 15.2. The highest BCUT2D eigenvalue weighted by Gasteiger charge is 2.33. The zero-order valence-corrected chi connectivity index (χ0v) is 11.7. The molecule has 1 rings (SSSR count). The van der Waals surface area contributed by atoms with Crippen molar-refractivity contribution in [2.75, 3.05) is 19.7 Å². The van der Waals surface area contributed by atoms with E-state index in [1.54, 1.807) is 0 Å². The highest BCUT2D eigenvalue weighted by atomic mass is 19.4. The molecule has 0 spiro atoms. The molecule has 1 unspecified atom stereocenters. The maximum absolute atomic E-state index is 12.0. The molecule has 0 aliphatic heterocycles. The lowest BCUT2D eigenvalue weighted by molar-refractivity contribution is -0.139. The fourth-order valence-electron chi connectivity index (χ4n) is 2.50. The normalized spacial score (nSPS) is 20.4. The summed E-state index contributed by atoms with van der Waals surface area (Å²) in [5, 5.41) is 14.3. The number of hydrogen-bond donors (Lipinski definition) is 3. The van der Waals surface area contributed by atoms with Crippen LogP contribution in [0.15, 0.2) is 0 Å². The molecule has 1 fully saturated rings. The average molecular weight is 296 g/mol. The van der Waals surface area contributed by atoms with Crippen LogP contribution < -0.4 is 10.6 Å². The number of aliphatic hydroxyl groups is 1. The fraction of sp³-hybridized carbons (Fsp3) is 0.923. The summed E-state index contributed by atoms with van der Waals surface area (Å²) in [6.07, 6.45) is 0.586. The SMILES string of the molecule is CC(NCC1(CO)CCCCC1)C(=O)NCC(F)(F)F. The first kappa shape index (κ1) is 17.2. The van der Waals surface area contributed by atoms with Gasteiger partial charge in [-0.1, -0.05) is 19.3 Å². The first-order chi connectivity index (χ1) is 9.28. The lowest BCUT2D eigenvalue weighted by atomic mass is 9.74.